The smallest absolute Gasteiger partial charge is 0.306 e. The first-order valence-electron chi connectivity index (χ1n) is 5.82. The minimum absolute atomic E-state index is 0.126. The van der Waals surface area contributed by atoms with E-state index < -0.39 is 5.97 Å². The molecule has 1 amide bonds. The van der Waals surface area contributed by atoms with Crippen molar-refractivity contribution in [3.63, 3.8) is 0 Å². The lowest BCUT2D eigenvalue weighted by molar-refractivity contribution is -0.141. The summed E-state index contributed by atoms with van der Waals surface area (Å²) in [6, 6.07) is 2.72. The summed E-state index contributed by atoms with van der Waals surface area (Å²) in [4.78, 5) is 26.6. The summed E-state index contributed by atoms with van der Waals surface area (Å²) in [5.74, 6) is -1.51. The Kier molecular flexibility index (Phi) is 4.27. The Morgan fingerprint density at radius 2 is 1.89 bits per heavy atom. The van der Waals surface area contributed by atoms with Gasteiger partial charge in [-0.25, -0.2) is 4.98 Å². The van der Waals surface area contributed by atoms with E-state index in [1.54, 1.807) is 0 Å². The molecule has 2 rings (SSSR count). The summed E-state index contributed by atoms with van der Waals surface area (Å²) in [6.07, 6.45) is 1.70. The molecule has 0 unspecified atom stereocenters. The summed E-state index contributed by atoms with van der Waals surface area (Å²) in [6.45, 7) is 0. The number of nitrogens with zero attached hydrogens (tertiary/aromatic N) is 1. The molecule has 0 bridgehead atoms. The van der Waals surface area contributed by atoms with Gasteiger partial charge in [-0.05, 0) is 31.4 Å². The molecule has 102 valence electrons. The molecule has 0 spiro atoms. The van der Waals surface area contributed by atoms with Gasteiger partial charge in [0.25, 0.3) is 5.91 Å². The molecule has 1 aliphatic rings. The molecule has 0 saturated heterocycles. The van der Waals surface area contributed by atoms with Crippen LogP contribution in [0.5, 0.6) is 0 Å². The normalized spacial score (nSPS) is 22.2. The highest BCUT2D eigenvalue weighted by molar-refractivity contribution is 6.33. The first-order chi connectivity index (χ1) is 8.95. The van der Waals surface area contributed by atoms with Crippen molar-refractivity contribution < 1.29 is 14.7 Å². The third-order valence-electron chi connectivity index (χ3n) is 3.14. The Morgan fingerprint density at radius 1 is 1.26 bits per heavy atom. The van der Waals surface area contributed by atoms with E-state index in [0.717, 1.165) is 0 Å². The molecule has 1 aromatic heterocycles. The van der Waals surface area contributed by atoms with Crippen molar-refractivity contribution in [1.82, 2.24) is 10.3 Å². The molecule has 5 nitrogen and oxygen atoms in total. The van der Waals surface area contributed by atoms with Crippen LogP contribution in [0.2, 0.25) is 10.3 Å². The zero-order chi connectivity index (χ0) is 14.0. The van der Waals surface area contributed by atoms with Gasteiger partial charge < -0.3 is 10.4 Å². The number of carboxylic acids is 1. The van der Waals surface area contributed by atoms with Gasteiger partial charge in [-0.1, -0.05) is 23.2 Å². The maximum Gasteiger partial charge on any atom is 0.306 e. The van der Waals surface area contributed by atoms with E-state index in [1.807, 2.05) is 0 Å². The van der Waals surface area contributed by atoms with Crippen LogP contribution in [-0.2, 0) is 4.79 Å². The van der Waals surface area contributed by atoms with Gasteiger partial charge in [0.15, 0.2) is 0 Å². The summed E-state index contributed by atoms with van der Waals surface area (Å²) >= 11 is 11.4. The number of hydrogen-bond donors (Lipinski definition) is 2. The highest BCUT2D eigenvalue weighted by Gasteiger charge is 2.30. The topological polar surface area (TPSA) is 79.3 Å². The van der Waals surface area contributed by atoms with Crippen molar-refractivity contribution in [3.05, 3.63) is 28.0 Å². The van der Waals surface area contributed by atoms with E-state index >= 15 is 0 Å². The van der Waals surface area contributed by atoms with E-state index in [1.165, 1.54) is 12.1 Å². The monoisotopic (exact) mass is 302 g/mol. The molecule has 19 heavy (non-hydrogen) atoms. The quantitative estimate of drug-likeness (QED) is 0.840. The van der Waals surface area contributed by atoms with Crippen LogP contribution in [0.15, 0.2) is 12.1 Å². The predicted octanol–water partition coefficient (Wildman–Crippen LogP) is 2.37. The summed E-state index contributed by atoms with van der Waals surface area (Å²) in [7, 11) is 0. The van der Waals surface area contributed by atoms with Gasteiger partial charge in [0.05, 0.1) is 5.92 Å². The first kappa shape index (κ1) is 14.1. The molecular weight excluding hydrogens is 291 g/mol. The number of aromatic nitrogens is 1. The van der Waals surface area contributed by atoms with Gasteiger partial charge in [0.1, 0.15) is 10.3 Å². The number of rotatable bonds is 3. The largest absolute Gasteiger partial charge is 0.481 e. The molecule has 1 heterocycles. The van der Waals surface area contributed by atoms with Crippen LogP contribution in [0.4, 0.5) is 0 Å². The summed E-state index contributed by atoms with van der Waals surface area (Å²) in [5, 5.41) is 12.0. The van der Waals surface area contributed by atoms with Gasteiger partial charge in [-0.3, -0.25) is 9.59 Å². The molecular formula is C12H12Cl2N2O3. The van der Waals surface area contributed by atoms with Gasteiger partial charge in [0.2, 0.25) is 0 Å². The maximum atomic E-state index is 12.0. The van der Waals surface area contributed by atoms with E-state index in [2.05, 4.69) is 10.3 Å². The van der Waals surface area contributed by atoms with Crippen molar-refractivity contribution in [1.29, 1.82) is 0 Å². The fourth-order valence-corrected chi connectivity index (χ4v) is 2.66. The average Bonchev–Trinajstić information content (AvgIpc) is 2.76. The fraction of sp³-hybridized carbons (Fsp3) is 0.417. The Balaban J connectivity index is 2.00. The minimum Gasteiger partial charge on any atom is -0.481 e. The molecule has 1 saturated carbocycles. The van der Waals surface area contributed by atoms with Crippen LogP contribution in [0.3, 0.4) is 0 Å². The van der Waals surface area contributed by atoms with E-state index in [4.69, 9.17) is 28.3 Å². The predicted molar refractivity (Wildman–Crippen MR) is 70.5 cm³/mol. The Labute approximate surface area is 119 Å². The number of halogens is 2. The molecule has 0 aromatic carbocycles. The van der Waals surface area contributed by atoms with Crippen LogP contribution < -0.4 is 5.32 Å². The average molecular weight is 303 g/mol. The Hall–Kier alpha value is -1.33. The van der Waals surface area contributed by atoms with Gasteiger partial charge in [-0.2, -0.15) is 0 Å². The zero-order valence-corrected chi connectivity index (χ0v) is 11.4. The van der Waals surface area contributed by atoms with E-state index in [-0.39, 0.29) is 28.2 Å². The lowest BCUT2D eigenvalue weighted by Gasteiger charge is -2.12. The summed E-state index contributed by atoms with van der Waals surface area (Å²) < 4.78 is 0. The highest BCUT2D eigenvalue weighted by Crippen LogP contribution is 2.26. The molecule has 7 heteroatoms. The van der Waals surface area contributed by atoms with Gasteiger partial charge >= 0.3 is 5.97 Å². The lowest BCUT2D eigenvalue weighted by Crippen LogP contribution is -2.33. The molecule has 2 atom stereocenters. The number of carbonyl (C=O) groups excluding carboxylic acids is 1. The van der Waals surface area contributed by atoms with Gasteiger partial charge in [0, 0.05) is 11.6 Å². The van der Waals surface area contributed by atoms with Crippen molar-refractivity contribution in [2.45, 2.75) is 25.3 Å². The number of aliphatic carboxylic acids is 1. The van der Waals surface area contributed by atoms with E-state index in [9.17, 15) is 9.59 Å². The second kappa shape index (κ2) is 5.75. The Morgan fingerprint density at radius 3 is 2.42 bits per heavy atom. The number of hydrogen-bond acceptors (Lipinski definition) is 3. The molecule has 2 N–H and O–H groups in total. The standard InChI is InChI=1S/C12H12Cl2N2O3/c13-9-4-7(5-10(14)16-9)11(17)15-8-2-1-6(3-8)12(18)19/h4-6,8H,1-3H2,(H,15,17)(H,18,19)/t6-,8+/m1/s1. The fourth-order valence-electron chi connectivity index (χ4n) is 2.20. The number of carboxylic acid groups (broad SMARTS) is 1. The van der Waals surface area contributed by atoms with Crippen LogP contribution in [0, 0.1) is 5.92 Å². The second-order valence-corrected chi connectivity index (χ2v) is 5.29. The lowest BCUT2D eigenvalue weighted by atomic mass is 10.1. The minimum atomic E-state index is -0.813. The SMILES string of the molecule is O=C(N[C@H]1CC[C@@H](C(=O)O)C1)c1cc(Cl)nc(Cl)c1. The van der Waals surface area contributed by atoms with Crippen molar-refractivity contribution in [3.8, 4) is 0 Å². The molecule has 0 radical (unpaired) electrons. The molecule has 0 aliphatic heterocycles. The maximum absolute atomic E-state index is 12.0. The number of nitrogens with one attached hydrogen (secondary N) is 1. The molecule has 1 aromatic rings. The van der Waals surface area contributed by atoms with Crippen LogP contribution in [-0.4, -0.2) is 28.0 Å². The zero-order valence-electron chi connectivity index (χ0n) is 9.90. The molecule has 1 fully saturated rings. The van der Waals surface area contributed by atoms with Crippen LogP contribution >= 0.6 is 23.2 Å². The first-order valence-corrected chi connectivity index (χ1v) is 6.58. The van der Waals surface area contributed by atoms with Crippen molar-refractivity contribution in [2.24, 2.45) is 5.92 Å². The number of amides is 1. The van der Waals surface area contributed by atoms with Crippen molar-refractivity contribution in [2.75, 3.05) is 0 Å². The Bertz CT molecular complexity index is 501. The van der Waals surface area contributed by atoms with Crippen LogP contribution in [0.1, 0.15) is 29.6 Å². The van der Waals surface area contributed by atoms with Crippen molar-refractivity contribution >= 4 is 35.1 Å². The summed E-state index contributed by atoms with van der Waals surface area (Å²) in [5.41, 5.74) is 0.323. The molecule has 1 aliphatic carbocycles. The van der Waals surface area contributed by atoms with Gasteiger partial charge in [-0.15, -0.1) is 0 Å². The van der Waals surface area contributed by atoms with E-state index in [0.29, 0.717) is 24.8 Å². The number of pyridine rings is 1. The van der Waals surface area contributed by atoms with Crippen LogP contribution in [0.25, 0.3) is 0 Å². The number of carbonyl (C=O) groups is 2. The third kappa shape index (κ3) is 3.58. The highest BCUT2D eigenvalue weighted by atomic mass is 35.5. The second-order valence-electron chi connectivity index (χ2n) is 4.52. The third-order valence-corrected chi connectivity index (χ3v) is 3.53.